The predicted octanol–water partition coefficient (Wildman–Crippen LogP) is 8.95. The number of hydrogen-bond donors (Lipinski definition) is 1. The fourth-order valence-electron chi connectivity index (χ4n) is 2.94. The predicted molar refractivity (Wildman–Crippen MR) is 143 cm³/mol. The molecule has 172 valence electrons. The molecule has 2 aromatic carbocycles. The second-order valence-corrected chi connectivity index (χ2v) is 11.4. The van der Waals surface area contributed by atoms with E-state index in [4.69, 9.17) is 46.4 Å². The van der Waals surface area contributed by atoms with Crippen molar-refractivity contribution >= 4 is 73.9 Å². The van der Waals surface area contributed by atoms with E-state index in [9.17, 15) is 8.42 Å². The van der Waals surface area contributed by atoms with Crippen molar-refractivity contribution in [2.24, 2.45) is 5.92 Å². The van der Waals surface area contributed by atoms with Crippen LogP contribution in [0, 0.1) is 5.92 Å². The van der Waals surface area contributed by atoms with E-state index in [1.165, 1.54) is 42.1 Å². The van der Waals surface area contributed by atoms with Crippen LogP contribution in [0.2, 0.25) is 20.1 Å². The van der Waals surface area contributed by atoms with Gasteiger partial charge < -0.3 is 0 Å². The van der Waals surface area contributed by atoms with Crippen LogP contribution in [0.1, 0.15) is 6.92 Å². The van der Waals surface area contributed by atoms with Gasteiger partial charge in [-0.3, -0.25) is 4.72 Å². The Morgan fingerprint density at radius 2 is 1.73 bits per heavy atom. The number of allylic oxidation sites excluding steroid dienone is 8. The van der Waals surface area contributed by atoms with Gasteiger partial charge in [0, 0.05) is 14.8 Å². The minimum atomic E-state index is -3.97. The SMILES string of the molecule is C=C/C=C\C=C1\C=C(Sc2c(Cl)cc(NS(=O)(=O)c3ccc(Cl)cc3Cl)cc2Cl)C=CC1C. The quantitative estimate of drug-likeness (QED) is 0.345. The number of sulfonamides is 1. The third kappa shape index (κ3) is 6.72. The fraction of sp³-hybridized carbons (Fsp3) is 0.0833. The Labute approximate surface area is 218 Å². The molecular formula is C24H19Cl4NO2S2. The van der Waals surface area contributed by atoms with Crippen molar-refractivity contribution < 1.29 is 8.42 Å². The number of anilines is 1. The lowest BCUT2D eigenvalue weighted by Crippen LogP contribution is -2.13. The van der Waals surface area contributed by atoms with Gasteiger partial charge >= 0.3 is 0 Å². The molecule has 3 nitrogen and oxygen atoms in total. The summed E-state index contributed by atoms with van der Waals surface area (Å²) in [6, 6.07) is 7.16. The molecule has 1 N–H and O–H groups in total. The molecule has 0 aliphatic heterocycles. The summed E-state index contributed by atoms with van der Waals surface area (Å²) in [4.78, 5) is 1.48. The van der Waals surface area contributed by atoms with Gasteiger partial charge in [-0.25, -0.2) is 8.42 Å². The highest BCUT2D eigenvalue weighted by atomic mass is 35.5. The zero-order valence-electron chi connectivity index (χ0n) is 17.4. The molecule has 1 aliphatic rings. The van der Waals surface area contributed by atoms with Crippen molar-refractivity contribution in [3.05, 3.63) is 110 Å². The van der Waals surface area contributed by atoms with Gasteiger partial charge in [0.2, 0.25) is 0 Å². The first kappa shape index (κ1) is 26.0. The topological polar surface area (TPSA) is 46.2 Å². The van der Waals surface area contributed by atoms with E-state index < -0.39 is 10.0 Å². The van der Waals surface area contributed by atoms with Crippen molar-refractivity contribution in [2.75, 3.05) is 4.72 Å². The van der Waals surface area contributed by atoms with Crippen LogP contribution in [0.3, 0.4) is 0 Å². The van der Waals surface area contributed by atoms with Crippen molar-refractivity contribution in [1.29, 1.82) is 0 Å². The summed E-state index contributed by atoms with van der Waals surface area (Å²) >= 11 is 26.3. The summed E-state index contributed by atoms with van der Waals surface area (Å²) in [5.41, 5.74) is 1.35. The summed E-state index contributed by atoms with van der Waals surface area (Å²) in [6.07, 6.45) is 13.7. The van der Waals surface area contributed by atoms with E-state index in [-0.39, 0.29) is 21.5 Å². The number of hydrogen-bond acceptors (Lipinski definition) is 3. The summed E-state index contributed by atoms with van der Waals surface area (Å²) in [6.45, 7) is 5.78. The number of halogens is 4. The molecule has 0 fully saturated rings. The minimum Gasteiger partial charge on any atom is -0.279 e. The molecule has 0 heterocycles. The first-order valence-electron chi connectivity index (χ1n) is 9.64. The number of rotatable bonds is 7. The van der Waals surface area contributed by atoms with Gasteiger partial charge in [-0.15, -0.1) is 0 Å². The molecule has 0 aromatic heterocycles. The van der Waals surface area contributed by atoms with Crippen LogP contribution in [-0.2, 0) is 10.0 Å². The summed E-state index contributed by atoms with van der Waals surface area (Å²) in [5.74, 6) is 0.270. The van der Waals surface area contributed by atoms with E-state index in [0.717, 1.165) is 10.5 Å². The van der Waals surface area contributed by atoms with Crippen molar-refractivity contribution in [1.82, 2.24) is 0 Å². The van der Waals surface area contributed by atoms with Crippen LogP contribution < -0.4 is 4.72 Å². The standard InChI is InChI=1S/C24H19Cl4NO2S2/c1-3-4-5-6-16-11-19(9-7-15(16)2)32-24-21(27)13-18(14-22(24)28)29-33(30,31)23-10-8-17(25)12-20(23)26/h3-15,29H,1H2,2H3/b5-4-,16-6-. The zero-order valence-corrected chi connectivity index (χ0v) is 22.0. The Hall–Kier alpha value is -1.60. The average molecular weight is 559 g/mol. The van der Waals surface area contributed by atoms with Crippen LogP contribution >= 0.6 is 58.2 Å². The smallest absolute Gasteiger partial charge is 0.263 e. The highest BCUT2D eigenvalue weighted by Crippen LogP contribution is 2.42. The lowest BCUT2D eigenvalue weighted by atomic mass is 9.96. The molecular weight excluding hydrogens is 540 g/mol. The summed E-state index contributed by atoms with van der Waals surface area (Å²) in [5, 5.41) is 0.979. The molecule has 0 saturated heterocycles. The number of benzene rings is 2. The van der Waals surface area contributed by atoms with Crippen molar-refractivity contribution in [3.63, 3.8) is 0 Å². The Morgan fingerprint density at radius 3 is 2.36 bits per heavy atom. The maximum absolute atomic E-state index is 12.8. The molecule has 0 spiro atoms. The van der Waals surface area contributed by atoms with Gasteiger partial charge in [-0.1, -0.05) is 108 Å². The van der Waals surface area contributed by atoms with Crippen LogP contribution in [0.15, 0.2) is 99.7 Å². The second-order valence-electron chi connectivity index (χ2n) is 7.03. The average Bonchev–Trinajstić information content (AvgIpc) is 2.72. The van der Waals surface area contributed by atoms with Crippen LogP contribution in [0.25, 0.3) is 0 Å². The van der Waals surface area contributed by atoms with Gasteiger partial charge in [-0.05, 0) is 47.9 Å². The maximum atomic E-state index is 12.8. The van der Waals surface area contributed by atoms with Crippen molar-refractivity contribution in [2.45, 2.75) is 16.7 Å². The van der Waals surface area contributed by atoms with E-state index >= 15 is 0 Å². The largest absolute Gasteiger partial charge is 0.279 e. The normalized spacial score (nSPS) is 17.4. The molecule has 0 radical (unpaired) electrons. The third-order valence-corrected chi connectivity index (χ3v) is 8.63. The Kier molecular flexibility index (Phi) is 8.84. The summed E-state index contributed by atoms with van der Waals surface area (Å²) in [7, 11) is -3.97. The molecule has 1 unspecified atom stereocenters. The highest BCUT2D eigenvalue weighted by Gasteiger charge is 2.20. The second kappa shape index (κ2) is 11.2. The first-order valence-corrected chi connectivity index (χ1v) is 13.5. The van der Waals surface area contributed by atoms with Crippen LogP contribution in [0.5, 0.6) is 0 Å². The molecule has 2 aromatic rings. The van der Waals surface area contributed by atoms with Gasteiger partial charge in [0.1, 0.15) is 4.90 Å². The Morgan fingerprint density at radius 1 is 1.03 bits per heavy atom. The molecule has 0 amide bonds. The minimum absolute atomic E-state index is 0.0106. The molecule has 3 rings (SSSR count). The maximum Gasteiger partial charge on any atom is 0.263 e. The van der Waals surface area contributed by atoms with Crippen LogP contribution in [-0.4, -0.2) is 8.42 Å². The summed E-state index contributed by atoms with van der Waals surface area (Å²) < 4.78 is 28.0. The Bertz CT molecular complexity index is 1290. The van der Waals surface area contributed by atoms with E-state index in [0.29, 0.717) is 20.0 Å². The lowest BCUT2D eigenvalue weighted by molar-refractivity contribution is 0.601. The molecule has 1 atom stereocenters. The van der Waals surface area contributed by atoms with Gasteiger partial charge in [0.05, 0.1) is 20.8 Å². The van der Waals surface area contributed by atoms with Crippen molar-refractivity contribution in [3.8, 4) is 0 Å². The molecule has 1 aliphatic carbocycles. The van der Waals surface area contributed by atoms with Gasteiger partial charge in [0.15, 0.2) is 0 Å². The fourth-order valence-corrected chi connectivity index (χ4v) is 6.36. The molecule has 9 heteroatoms. The zero-order chi connectivity index (χ0) is 24.2. The van der Waals surface area contributed by atoms with E-state index in [2.05, 4.69) is 30.4 Å². The molecule has 33 heavy (non-hydrogen) atoms. The van der Waals surface area contributed by atoms with Crippen LogP contribution in [0.4, 0.5) is 5.69 Å². The Balaban J connectivity index is 1.85. The molecule has 0 saturated carbocycles. The third-order valence-electron chi connectivity index (χ3n) is 4.57. The first-order chi connectivity index (χ1) is 15.6. The monoisotopic (exact) mass is 557 g/mol. The van der Waals surface area contributed by atoms with E-state index in [1.807, 2.05) is 24.3 Å². The molecule has 0 bridgehead atoms. The number of thioether (sulfide) groups is 1. The highest BCUT2D eigenvalue weighted by molar-refractivity contribution is 8.03. The number of nitrogens with one attached hydrogen (secondary N) is 1. The lowest BCUT2D eigenvalue weighted by Gasteiger charge is -2.17. The van der Waals surface area contributed by atoms with Gasteiger partial charge in [0.25, 0.3) is 10.0 Å². The van der Waals surface area contributed by atoms with E-state index in [1.54, 1.807) is 6.08 Å². The van der Waals surface area contributed by atoms with Gasteiger partial charge in [-0.2, -0.15) is 0 Å².